The van der Waals surface area contributed by atoms with Gasteiger partial charge in [-0.1, -0.05) is 26.2 Å². The van der Waals surface area contributed by atoms with Crippen LogP contribution in [0.4, 0.5) is 5.69 Å². The van der Waals surface area contributed by atoms with Crippen LogP contribution < -0.4 is 16.1 Å². The van der Waals surface area contributed by atoms with E-state index in [1.165, 1.54) is 38.3 Å². The topological polar surface area (TPSA) is 94.7 Å². The minimum Gasteiger partial charge on any atom is -0.370 e. The first-order valence-corrected chi connectivity index (χ1v) is 9.00. The highest BCUT2D eigenvalue weighted by Gasteiger charge is 2.21. The van der Waals surface area contributed by atoms with Crippen molar-refractivity contribution in [2.45, 2.75) is 46.0 Å². The van der Waals surface area contributed by atoms with Gasteiger partial charge in [-0.2, -0.15) is 5.10 Å². The summed E-state index contributed by atoms with van der Waals surface area (Å²) >= 11 is 0. The van der Waals surface area contributed by atoms with E-state index in [-0.39, 0.29) is 0 Å². The van der Waals surface area contributed by atoms with Crippen LogP contribution in [0.2, 0.25) is 0 Å². The summed E-state index contributed by atoms with van der Waals surface area (Å²) in [6.45, 7) is 6.18. The Bertz CT molecular complexity index is 834. The fourth-order valence-electron chi connectivity index (χ4n) is 3.45. The summed E-state index contributed by atoms with van der Waals surface area (Å²) in [5.41, 5.74) is 1.70. The number of aromatic nitrogens is 4. The molecule has 7 nitrogen and oxygen atoms in total. The lowest BCUT2D eigenvalue weighted by Crippen LogP contribution is -2.34. The Morgan fingerprint density at radius 3 is 2.68 bits per heavy atom. The monoisotopic (exact) mass is 343 g/mol. The van der Waals surface area contributed by atoms with Crippen molar-refractivity contribution < 1.29 is 0 Å². The first-order chi connectivity index (χ1) is 12.1. The molecule has 1 saturated heterocycles. The van der Waals surface area contributed by atoms with Crippen LogP contribution in [0, 0.1) is 12.8 Å². The summed E-state index contributed by atoms with van der Waals surface area (Å²) in [4.78, 5) is 30.2. The zero-order chi connectivity index (χ0) is 17.8. The summed E-state index contributed by atoms with van der Waals surface area (Å²) in [7, 11) is 0. The van der Waals surface area contributed by atoms with E-state index in [1.54, 1.807) is 0 Å². The number of aryl methyl sites for hydroxylation is 1. The van der Waals surface area contributed by atoms with Crippen molar-refractivity contribution in [3.63, 3.8) is 0 Å². The molecule has 0 aromatic carbocycles. The Morgan fingerprint density at radius 1 is 1.24 bits per heavy atom. The highest BCUT2D eigenvalue weighted by Crippen LogP contribution is 2.29. The van der Waals surface area contributed by atoms with Gasteiger partial charge in [-0.05, 0) is 31.7 Å². The van der Waals surface area contributed by atoms with Crippen molar-refractivity contribution in [3.8, 4) is 11.3 Å². The first-order valence-electron chi connectivity index (χ1n) is 9.00. The molecule has 0 amide bonds. The molecule has 3 heterocycles. The molecular weight excluding hydrogens is 318 g/mol. The molecule has 2 aromatic rings. The SMILES string of the molecule is CCCCC1CCN(c2cc(-c3c[nH]c(=O)[nH]c3=O)nnc2C)CC1. The van der Waals surface area contributed by atoms with Crippen molar-refractivity contribution in [1.29, 1.82) is 0 Å². The van der Waals surface area contributed by atoms with Gasteiger partial charge < -0.3 is 9.88 Å². The molecule has 0 bridgehead atoms. The summed E-state index contributed by atoms with van der Waals surface area (Å²) in [6, 6.07) is 1.90. The third-order valence-electron chi connectivity index (χ3n) is 4.97. The quantitative estimate of drug-likeness (QED) is 0.868. The van der Waals surface area contributed by atoms with Crippen molar-refractivity contribution in [2.24, 2.45) is 5.92 Å². The van der Waals surface area contributed by atoms with E-state index in [4.69, 9.17) is 0 Å². The van der Waals surface area contributed by atoms with E-state index in [1.807, 2.05) is 13.0 Å². The second-order valence-corrected chi connectivity index (χ2v) is 6.76. The molecule has 0 unspecified atom stereocenters. The zero-order valence-electron chi connectivity index (χ0n) is 14.8. The number of H-pyrrole nitrogens is 2. The van der Waals surface area contributed by atoms with E-state index in [0.29, 0.717) is 11.3 Å². The molecule has 134 valence electrons. The number of nitrogens with zero attached hydrogens (tertiary/aromatic N) is 3. The number of rotatable bonds is 5. The third kappa shape index (κ3) is 3.97. The maximum atomic E-state index is 12.0. The number of nitrogens with one attached hydrogen (secondary N) is 2. The van der Waals surface area contributed by atoms with E-state index < -0.39 is 11.2 Å². The third-order valence-corrected chi connectivity index (χ3v) is 4.97. The van der Waals surface area contributed by atoms with Crippen LogP contribution in [-0.4, -0.2) is 33.3 Å². The second-order valence-electron chi connectivity index (χ2n) is 6.76. The fraction of sp³-hybridized carbons (Fsp3) is 0.556. The van der Waals surface area contributed by atoms with E-state index in [9.17, 15) is 9.59 Å². The number of anilines is 1. The summed E-state index contributed by atoms with van der Waals surface area (Å²) < 4.78 is 0. The predicted octanol–water partition coefficient (Wildman–Crippen LogP) is 2.24. The van der Waals surface area contributed by atoms with Crippen LogP contribution in [0.15, 0.2) is 21.9 Å². The van der Waals surface area contributed by atoms with Gasteiger partial charge in [0, 0.05) is 19.3 Å². The van der Waals surface area contributed by atoms with Crippen LogP contribution in [0.25, 0.3) is 11.3 Å². The van der Waals surface area contributed by atoms with Gasteiger partial charge in [0.1, 0.15) is 5.69 Å². The molecule has 3 rings (SSSR count). The maximum absolute atomic E-state index is 12.0. The Balaban J connectivity index is 1.81. The van der Waals surface area contributed by atoms with E-state index in [2.05, 4.69) is 32.0 Å². The Kier molecular flexibility index (Phi) is 5.31. The van der Waals surface area contributed by atoms with Gasteiger partial charge in [-0.15, -0.1) is 5.10 Å². The molecule has 1 fully saturated rings. The van der Waals surface area contributed by atoms with Gasteiger partial charge in [0.15, 0.2) is 0 Å². The molecule has 1 aliphatic heterocycles. The molecule has 2 aromatic heterocycles. The average molecular weight is 343 g/mol. The molecule has 0 spiro atoms. The number of hydrogen-bond donors (Lipinski definition) is 2. The first kappa shape index (κ1) is 17.4. The van der Waals surface area contributed by atoms with Crippen LogP contribution in [0.1, 0.15) is 44.7 Å². The average Bonchev–Trinajstić information content (AvgIpc) is 2.61. The molecule has 0 saturated carbocycles. The largest absolute Gasteiger partial charge is 0.370 e. The van der Waals surface area contributed by atoms with Gasteiger partial charge in [0.2, 0.25) is 0 Å². The van der Waals surface area contributed by atoms with Crippen LogP contribution in [-0.2, 0) is 0 Å². The van der Waals surface area contributed by atoms with Crippen LogP contribution in [0.3, 0.4) is 0 Å². The number of aromatic amines is 2. The molecule has 0 radical (unpaired) electrons. The smallest absolute Gasteiger partial charge is 0.325 e. The Labute approximate surface area is 146 Å². The van der Waals surface area contributed by atoms with E-state index in [0.717, 1.165) is 30.4 Å². The molecule has 7 heteroatoms. The summed E-state index contributed by atoms with van der Waals surface area (Å²) in [6.07, 6.45) is 7.65. The number of unbranched alkanes of at least 4 members (excludes halogenated alkanes) is 1. The van der Waals surface area contributed by atoms with Crippen molar-refractivity contribution in [2.75, 3.05) is 18.0 Å². The van der Waals surface area contributed by atoms with Gasteiger partial charge in [-0.25, -0.2) is 4.79 Å². The highest BCUT2D eigenvalue weighted by molar-refractivity contribution is 5.64. The standard InChI is InChI=1S/C18H25N5O2/c1-3-4-5-13-6-8-23(9-7-13)16-10-15(22-21-12(16)2)14-11-19-18(25)20-17(14)24/h10-11,13H,3-9H2,1-2H3,(H2,19,20,24,25). The Morgan fingerprint density at radius 2 is 2.00 bits per heavy atom. The Hall–Kier alpha value is -2.44. The molecule has 25 heavy (non-hydrogen) atoms. The predicted molar refractivity (Wildman–Crippen MR) is 97.9 cm³/mol. The van der Waals surface area contributed by atoms with Crippen molar-refractivity contribution >= 4 is 5.69 Å². The number of hydrogen-bond acceptors (Lipinski definition) is 5. The fourth-order valence-corrected chi connectivity index (χ4v) is 3.45. The van der Waals surface area contributed by atoms with E-state index >= 15 is 0 Å². The maximum Gasteiger partial charge on any atom is 0.325 e. The highest BCUT2D eigenvalue weighted by atomic mass is 16.2. The molecule has 0 atom stereocenters. The minimum atomic E-state index is -0.525. The lowest BCUT2D eigenvalue weighted by atomic mass is 9.91. The van der Waals surface area contributed by atoms with Crippen molar-refractivity contribution in [3.05, 3.63) is 38.8 Å². The zero-order valence-corrected chi connectivity index (χ0v) is 14.8. The van der Waals surface area contributed by atoms with Gasteiger partial charge >= 0.3 is 5.69 Å². The minimum absolute atomic E-state index is 0.325. The molecule has 2 N–H and O–H groups in total. The molecule has 0 aliphatic carbocycles. The van der Waals surface area contributed by atoms with Gasteiger partial charge in [-0.3, -0.25) is 9.78 Å². The normalized spacial score (nSPS) is 15.5. The molecule has 1 aliphatic rings. The molecular formula is C18H25N5O2. The lowest BCUT2D eigenvalue weighted by molar-refractivity contribution is 0.371. The second kappa shape index (κ2) is 7.63. The van der Waals surface area contributed by atoms with Crippen molar-refractivity contribution in [1.82, 2.24) is 20.2 Å². The summed E-state index contributed by atoms with van der Waals surface area (Å²) in [5.74, 6) is 0.813. The summed E-state index contributed by atoms with van der Waals surface area (Å²) in [5, 5.41) is 8.36. The lowest BCUT2D eigenvalue weighted by Gasteiger charge is -2.34. The number of piperidine rings is 1. The van der Waals surface area contributed by atoms with Crippen LogP contribution in [0.5, 0.6) is 0 Å². The van der Waals surface area contributed by atoms with Crippen LogP contribution >= 0.6 is 0 Å². The van der Waals surface area contributed by atoms with Gasteiger partial charge in [0.05, 0.1) is 16.9 Å². The van der Waals surface area contributed by atoms with Gasteiger partial charge in [0.25, 0.3) is 5.56 Å².